The number of fused-ring (bicyclic) bond motifs is 4. The van der Waals surface area contributed by atoms with Crippen LogP contribution in [0.5, 0.6) is 0 Å². The van der Waals surface area contributed by atoms with Crippen LogP contribution in [0.1, 0.15) is 30.6 Å². The summed E-state index contributed by atoms with van der Waals surface area (Å²) in [6.45, 7) is 3.15. The summed E-state index contributed by atoms with van der Waals surface area (Å²) in [5, 5.41) is 1.35. The number of piperidine rings is 3. The summed E-state index contributed by atoms with van der Waals surface area (Å²) in [5.74, 6) is 0.611. The minimum absolute atomic E-state index is 0.165. The van der Waals surface area contributed by atoms with Crippen molar-refractivity contribution in [1.82, 2.24) is 9.88 Å². The number of aromatic nitrogens is 1. The normalized spacial score (nSPS) is 37.5. The second kappa shape index (κ2) is 4.32. The number of nitrogens with zero attached hydrogens (tertiary/aromatic N) is 1. The number of benzene rings is 1. The minimum Gasteiger partial charge on any atom is -0.357 e. The fraction of sp³-hybridized carbons (Fsp3) is 0.421. The van der Waals surface area contributed by atoms with E-state index in [4.69, 9.17) is 0 Å². The number of para-hydroxylation sites is 1. The van der Waals surface area contributed by atoms with E-state index in [9.17, 15) is 4.79 Å². The van der Waals surface area contributed by atoms with Gasteiger partial charge in [-0.3, -0.25) is 4.90 Å². The highest BCUT2D eigenvalue weighted by molar-refractivity contribution is 5.85. The molecule has 1 aromatic heterocycles. The molecule has 0 aliphatic carbocycles. The number of hydrogen-bond acceptors (Lipinski definition) is 2. The highest BCUT2D eigenvalue weighted by Crippen LogP contribution is 2.53. The van der Waals surface area contributed by atoms with Crippen molar-refractivity contribution in [3.63, 3.8) is 0 Å². The summed E-state index contributed by atoms with van der Waals surface area (Å²) in [5.41, 5.74) is 5.56. The highest BCUT2D eigenvalue weighted by Gasteiger charge is 2.52. The van der Waals surface area contributed by atoms with Crippen molar-refractivity contribution < 1.29 is 4.79 Å². The minimum atomic E-state index is 0.165. The number of allylic oxidation sites excluding steroid dienone is 1. The van der Waals surface area contributed by atoms with Crippen LogP contribution in [0, 0.1) is 11.8 Å². The molecule has 0 radical (unpaired) electrons. The van der Waals surface area contributed by atoms with Crippen molar-refractivity contribution >= 4 is 17.2 Å². The Morgan fingerprint density at radius 1 is 1.32 bits per heavy atom. The number of aldehydes is 1. The van der Waals surface area contributed by atoms with Crippen LogP contribution in [0.3, 0.4) is 0 Å². The molecule has 22 heavy (non-hydrogen) atoms. The predicted octanol–water partition coefficient (Wildman–Crippen LogP) is 3.23. The van der Waals surface area contributed by atoms with E-state index in [-0.39, 0.29) is 5.92 Å². The molecule has 3 fully saturated rings. The summed E-state index contributed by atoms with van der Waals surface area (Å²) in [6, 6.07) is 9.44. The van der Waals surface area contributed by atoms with Gasteiger partial charge in [0, 0.05) is 35.1 Å². The molecule has 5 heterocycles. The Kier molecular flexibility index (Phi) is 2.49. The van der Waals surface area contributed by atoms with Crippen LogP contribution in [0.15, 0.2) is 35.9 Å². The van der Waals surface area contributed by atoms with Gasteiger partial charge in [-0.15, -0.1) is 0 Å². The Labute approximate surface area is 130 Å². The van der Waals surface area contributed by atoms with Gasteiger partial charge in [0.1, 0.15) is 6.29 Å². The molecule has 4 aliphatic rings. The molecule has 1 N–H and O–H groups in total. The van der Waals surface area contributed by atoms with Crippen LogP contribution in [0.25, 0.3) is 10.9 Å². The summed E-state index contributed by atoms with van der Waals surface area (Å²) < 4.78 is 0. The van der Waals surface area contributed by atoms with Crippen LogP contribution in [-0.2, 0) is 11.2 Å². The maximum absolute atomic E-state index is 11.8. The molecule has 112 valence electrons. The van der Waals surface area contributed by atoms with Crippen LogP contribution >= 0.6 is 0 Å². The van der Waals surface area contributed by atoms with Gasteiger partial charge in [0.2, 0.25) is 0 Å². The number of rotatable bonds is 1. The molecule has 0 amide bonds. The molecule has 3 nitrogen and oxygen atoms in total. The average molecular weight is 292 g/mol. The summed E-state index contributed by atoms with van der Waals surface area (Å²) >= 11 is 0. The average Bonchev–Trinajstić information content (AvgIpc) is 2.93. The van der Waals surface area contributed by atoms with Crippen molar-refractivity contribution in [1.29, 1.82) is 0 Å². The van der Waals surface area contributed by atoms with Crippen molar-refractivity contribution in [3.8, 4) is 0 Å². The Hall–Kier alpha value is -1.87. The SMILES string of the molecule is C/C=C1/CN2C3CC1C(C=O)C2Cc1c3[nH]c2ccccc12. The zero-order chi connectivity index (χ0) is 14.8. The maximum Gasteiger partial charge on any atom is 0.125 e. The lowest BCUT2D eigenvalue weighted by atomic mass is 9.64. The Bertz CT molecular complexity index is 803. The number of H-pyrrole nitrogens is 1. The van der Waals surface area contributed by atoms with E-state index in [1.807, 2.05) is 0 Å². The van der Waals surface area contributed by atoms with E-state index in [1.165, 1.54) is 34.0 Å². The van der Waals surface area contributed by atoms with Gasteiger partial charge in [0.15, 0.2) is 0 Å². The molecule has 1 aromatic carbocycles. The number of hydrogen-bond donors (Lipinski definition) is 1. The molecule has 2 aromatic rings. The van der Waals surface area contributed by atoms with Gasteiger partial charge >= 0.3 is 0 Å². The van der Waals surface area contributed by atoms with E-state index < -0.39 is 0 Å². The molecule has 5 unspecified atom stereocenters. The monoisotopic (exact) mass is 292 g/mol. The second-order valence-electron chi connectivity index (χ2n) is 6.94. The number of nitrogens with one attached hydrogen (secondary N) is 1. The molecule has 6 rings (SSSR count). The van der Waals surface area contributed by atoms with E-state index in [1.54, 1.807) is 0 Å². The lowest BCUT2D eigenvalue weighted by molar-refractivity contribution is -0.121. The van der Waals surface area contributed by atoms with Gasteiger partial charge < -0.3 is 9.78 Å². The fourth-order valence-corrected chi connectivity index (χ4v) is 5.17. The number of carbonyl (C=O) groups excluding carboxylic acids is 1. The first-order chi connectivity index (χ1) is 10.8. The Balaban J connectivity index is 1.70. The molecule has 3 saturated heterocycles. The summed E-state index contributed by atoms with van der Waals surface area (Å²) in [7, 11) is 0. The Morgan fingerprint density at radius 3 is 3.00 bits per heavy atom. The van der Waals surface area contributed by atoms with Crippen LogP contribution in [0.4, 0.5) is 0 Å². The largest absolute Gasteiger partial charge is 0.357 e. The second-order valence-corrected chi connectivity index (χ2v) is 6.94. The molecule has 4 aliphatic heterocycles. The third kappa shape index (κ3) is 1.42. The van der Waals surface area contributed by atoms with Crippen LogP contribution < -0.4 is 0 Å². The molecular weight excluding hydrogens is 272 g/mol. The molecule has 0 spiro atoms. The fourth-order valence-electron chi connectivity index (χ4n) is 5.17. The van der Waals surface area contributed by atoms with Gasteiger partial charge in [-0.05, 0) is 37.3 Å². The molecule has 0 saturated carbocycles. The van der Waals surface area contributed by atoms with Crippen LogP contribution in [-0.4, -0.2) is 28.8 Å². The number of carbonyl (C=O) groups is 1. The van der Waals surface area contributed by atoms with Gasteiger partial charge in [0.25, 0.3) is 0 Å². The number of aromatic amines is 1. The highest BCUT2D eigenvalue weighted by atomic mass is 16.1. The topological polar surface area (TPSA) is 36.1 Å². The third-order valence-corrected chi connectivity index (χ3v) is 6.17. The summed E-state index contributed by atoms with van der Waals surface area (Å²) in [6.07, 6.45) is 5.54. The molecular formula is C19H20N2O. The van der Waals surface area contributed by atoms with Gasteiger partial charge in [-0.2, -0.15) is 0 Å². The lowest BCUT2D eigenvalue weighted by Gasteiger charge is -2.57. The van der Waals surface area contributed by atoms with Gasteiger partial charge in [-0.25, -0.2) is 0 Å². The van der Waals surface area contributed by atoms with Crippen molar-refractivity contribution in [2.75, 3.05) is 6.54 Å². The zero-order valence-electron chi connectivity index (χ0n) is 12.8. The van der Waals surface area contributed by atoms with E-state index in [0.29, 0.717) is 18.0 Å². The first-order valence-corrected chi connectivity index (χ1v) is 8.27. The first kappa shape index (κ1) is 12.7. The van der Waals surface area contributed by atoms with Crippen molar-refractivity contribution in [2.24, 2.45) is 11.8 Å². The summed E-state index contributed by atoms with van der Waals surface area (Å²) in [4.78, 5) is 18.0. The Morgan fingerprint density at radius 2 is 2.18 bits per heavy atom. The standard InChI is InChI=1S/C19H20N2O/c1-2-11-9-21-17-8-14-12-5-3-4-6-16(12)20-19(14)18(21)7-13(11)15(17)10-22/h2-6,10,13,15,17-18,20H,7-9H2,1H3/b11-2-. The molecule has 3 heteroatoms. The third-order valence-electron chi connectivity index (χ3n) is 6.17. The quantitative estimate of drug-likeness (QED) is 0.647. The maximum atomic E-state index is 11.8. The zero-order valence-corrected chi connectivity index (χ0v) is 12.8. The smallest absolute Gasteiger partial charge is 0.125 e. The first-order valence-electron chi connectivity index (χ1n) is 8.27. The lowest BCUT2D eigenvalue weighted by Crippen LogP contribution is -2.60. The van der Waals surface area contributed by atoms with E-state index in [2.05, 4.69) is 47.1 Å². The van der Waals surface area contributed by atoms with E-state index >= 15 is 0 Å². The predicted molar refractivity (Wildman–Crippen MR) is 86.7 cm³/mol. The van der Waals surface area contributed by atoms with Crippen molar-refractivity contribution in [2.45, 2.75) is 31.8 Å². The van der Waals surface area contributed by atoms with Gasteiger partial charge in [0.05, 0.1) is 6.04 Å². The molecule has 5 atom stereocenters. The van der Waals surface area contributed by atoms with Gasteiger partial charge in [-0.1, -0.05) is 29.8 Å². The molecule has 4 bridgehead atoms. The van der Waals surface area contributed by atoms with Crippen molar-refractivity contribution in [3.05, 3.63) is 47.2 Å². The van der Waals surface area contributed by atoms with Crippen LogP contribution in [0.2, 0.25) is 0 Å². The van der Waals surface area contributed by atoms with E-state index in [0.717, 1.165) is 19.4 Å².